The topological polar surface area (TPSA) is 87.7 Å². The normalized spacial score (nSPS) is 19.0. The van der Waals surface area contributed by atoms with Crippen molar-refractivity contribution in [3.63, 3.8) is 0 Å². The van der Waals surface area contributed by atoms with E-state index >= 15 is 0 Å². The standard InChI is InChI=1S/C31H49N3O4/c1-8-21(3)26(33-30(37)38-31(5,6)7)29(36)34(24-15-12-16-24)27(25-19-20(2)17-18-22(25)4)28(35)32-23-13-10-9-11-14-23/h17-19,21,23-24,26-27H,8-16H2,1-7H3,(H,32,35)(H,33,37). The van der Waals surface area contributed by atoms with Gasteiger partial charge in [0, 0.05) is 12.1 Å². The molecule has 2 fully saturated rings. The molecule has 0 spiro atoms. The van der Waals surface area contributed by atoms with Gasteiger partial charge in [0.25, 0.3) is 0 Å². The Balaban J connectivity index is 2.02. The lowest BCUT2D eigenvalue weighted by Gasteiger charge is -2.45. The summed E-state index contributed by atoms with van der Waals surface area (Å²) in [6.45, 7) is 13.4. The van der Waals surface area contributed by atoms with E-state index < -0.39 is 23.8 Å². The van der Waals surface area contributed by atoms with Gasteiger partial charge < -0.3 is 20.3 Å². The Kier molecular flexibility index (Phi) is 10.2. The molecule has 0 aromatic heterocycles. The average Bonchev–Trinajstić information content (AvgIpc) is 2.81. The van der Waals surface area contributed by atoms with Crippen LogP contribution in [0.2, 0.25) is 0 Å². The minimum atomic E-state index is -0.787. The number of hydrogen-bond donors (Lipinski definition) is 2. The molecule has 0 radical (unpaired) electrons. The third-order valence-corrected chi connectivity index (χ3v) is 8.08. The van der Waals surface area contributed by atoms with Gasteiger partial charge in [-0.05, 0) is 83.8 Å². The van der Waals surface area contributed by atoms with Gasteiger partial charge in [-0.2, -0.15) is 0 Å². The minimum absolute atomic E-state index is 0.0449. The SMILES string of the molecule is CCC(C)C(NC(=O)OC(C)(C)C)C(=O)N(C1CCC1)C(C(=O)NC1CCCCC1)c1cc(C)ccc1C. The van der Waals surface area contributed by atoms with Gasteiger partial charge in [0.2, 0.25) is 11.8 Å². The summed E-state index contributed by atoms with van der Waals surface area (Å²) in [5.74, 6) is -0.455. The number of carbonyl (C=O) groups excluding carboxylic acids is 3. The average molecular weight is 528 g/mol. The summed E-state index contributed by atoms with van der Waals surface area (Å²) in [6, 6.07) is 4.66. The van der Waals surface area contributed by atoms with E-state index in [-0.39, 0.29) is 29.8 Å². The van der Waals surface area contributed by atoms with Crippen LogP contribution in [-0.2, 0) is 14.3 Å². The Morgan fingerprint density at radius 1 is 1.03 bits per heavy atom. The van der Waals surface area contributed by atoms with Gasteiger partial charge in [-0.3, -0.25) is 9.59 Å². The van der Waals surface area contributed by atoms with Crippen LogP contribution in [0.3, 0.4) is 0 Å². The van der Waals surface area contributed by atoms with E-state index in [9.17, 15) is 14.4 Å². The summed E-state index contributed by atoms with van der Waals surface area (Å²) in [5.41, 5.74) is 2.21. The van der Waals surface area contributed by atoms with Gasteiger partial charge in [0.1, 0.15) is 17.7 Å². The summed E-state index contributed by atoms with van der Waals surface area (Å²) in [4.78, 5) is 43.2. The van der Waals surface area contributed by atoms with Crippen LogP contribution in [0.15, 0.2) is 18.2 Å². The molecular formula is C31H49N3O4. The van der Waals surface area contributed by atoms with E-state index in [1.165, 1.54) is 6.42 Å². The van der Waals surface area contributed by atoms with E-state index in [2.05, 4.69) is 10.6 Å². The first-order chi connectivity index (χ1) is 17.9. The van der Waals surface area contributed by atoms with Crippen LogP contribution in [0.1, 0.15) is 115 Å². The van der Waals surface area contributed by atoms with Crippen molar-refractivity contribution in [1.82, 2.24) is 15.5 Å². The van der Waals surface area contributed by atoms with Crippen molar-refractivity contribution in [2.45, 2.75) is 136 Å². The predicted molar refractivity (Wildman–Crippen MR) is 151 cm³/mol. The molecule has 212 valence electrons. The highest BCUT2D eigenvalue weighted by Gasteiger charge is 2.44. The number of ether oxygens (including phenoxy) is 1. The lowest BCUT2D eigenvalue weighted by molar-refractivity contribution is -0.148. The Morgan fingerprint density at radius 3 is 2.24 bits per heavy atom. The fourth-order valence-corrected chi connectivity index (χ4v) is 5.46. The Hall–Kier alpha value is -2.57. The second-order valence-electron chi connectivity index (χ2n) is 12.4. The molecule has 2 aliphatic rings. The van der Waals surface area contributed by atoms with Gasteiger partial charge in [0.05, 0.1) is 0 Å². The molecule has 0 bridgehead atoms. The lowest BCUT2D eigenvalue weighted by atomic mass is 9.85. The molecule has 3 unspecified atom stereocenters. The molecule has 2 aliphatic carbocycles. The van der Waals surface area contributed by atoms with Gasteiger partial charge in [0.15, 0.2) is 0 Å². The molecule has 1 aromatic rings. The van der Waals surface area contributed by atoms with Crippen LogP contribution in [0.25, 0.3) is 0 Å². The molecule has 7 heteroatoms. The zero-order valence-electron chi connectivity index (χ0n) is 24.6. The third kappa shape index (κ3) is 7.73. The Morgan fingerprint density at radius 2 is 1.68 bits per heavy atom. The highest BCUT2D eigenvalue weighted by molar-refractivity contribution is 5.93. The third-order valence-electron chi connectivity index (χ3n) is 8.08. The number of hydrogen-bond acceptors (Lipinski definition) is 4. The zero-order chi connectivity index (χ0) is 28.0. The molecule has 1 aromatic carbocycles. The van der Waals surface area contributed by atoms with Crippen LogP contribution in [0, 0.1) is 19.8 Å². The number of rotatable bonds is 9. The summed E-state index contributed by atoms with van der Waals surface area (Å²) in [5, 5.41) is 6.19. The van der Waals surface area contributed by atoms with E-state index in [0.29, 0.717) is 6.42 Å². The van der Waals surface area contributed by atoms with Crippen molar-refractivity contribution in [2.75, 3.05) is 0 Å². The van der Waals surface area contributed by atoms with Crippen LogP contribution >= 0.6 is 0 Å². The van der Waals surface area contributed by atoms with Crippen molar-refractivity contribution in [3.05, 3.63) is 34.9 Å². The van der Waals surface area contributed by atoms with Crippen LogP contribution in [-0.4, -0.2) is 46.5 Å². The van der Waals surface area contributed by atoms with Crippen LogP contribution in [0.5, 0.6) is 0 Å². The Bertz CT molecular complexity index is 976. The molecule has 0 saturated heterocycles. The van der Waals surface area contributed by atoms with Crippen molar-refractivity contribution >= 4 is 17.9 Å². The fourth-order valence-electron chi connectivity index (χ4n) is 5.46. The summed E-state index contributed by atoms with van der Waals surface area (Å²) in [6.07, 6.45) is 8.18. The molecule has 3 rings (SSSR count). The smallest absolute Gasteiger partial charge is 0.408 e. The van der Waals surface area contributed by atoms with Crippen LogP contribution in [0.4, 0.5) is 4.79 Å². The first-order valence-corrected chi connectivity index (χ1v) is 14.6. The highest BCUT2D eigenvalue weighted by Crippen LogP contribution is 2.36. The number of alkyl carbamates (subject to hydrolysis) is 1. The molecule has 0 heterocycles. The first-order valence-electron chi connectivity index (χ1n) is 14.6. The molecule has 38 heavy (non-hydrogen) atoms. The predicted octanol–water partition coefficient (Wildman–Crippen LogP) is 6.11. The van der Waals surface area contributed by atoms with E-state index in [0.717, 1.165) is 61.6 Å². The quantitative estimate of drug-likeness (QED) is 0.405. The number of aryl methyl sites for hydroxylation is 2. The van der Waals surface area contributed by atoms with E-state index in [4.69, 9.17) is 4.74 Å². The van der Waals surface area contributed by atoms with Crippen molar-refractivity contribution < 1.29 is 19.1 Å². The van der Waals surface area contributed by atoms with Crippen molar-refractivity contribution in [3.8, 4) is 0 Å². The summed E-state index contributed by atoms with van der Waals surface area (Å²) < 4.78 is 5.52. The fraction of sp³-hybridized carbons (Fsp3) is 0.710. The maximum atomic E-state index is 14.5. The second-order valence-corrected chi connectivity index (χ2v) is 12.4. The summed E-state index contributed by atoms with van der Waals surface area (Å²) in [7, 11) is 0. The maximum Gasteiger partial charge on any atom is 0.408 e. The number of nitrogens with one attached hydrogen (secondary N) is 2. The largest absolute Gasteiger partial charge is 0.444 e. The lowest BCUT2D eigenvalue weighted by Crippen LogP contribution is -2.59. The van der Waals surface area contributed by atoms with Gasteiger partial charge in [-0.25, -0.2) is 4.79 Å². The Labute approximate surface area is 229 Å². The molecular weight excluding hydrogens is 478 g/mol. The number of carbonyl (C=O) groups is 3. The molecule has 2 saturated carbocycles. The number of nitrogens with zero attached hydrogens (tertiary/aromatic N) is 1. The van der Waals surface area contributed by atoms with E-state index in [1.54, 1.807) is 25.7 Å². The first kappa shape index (κ1) is 30.0. The van der Waals surface area contributed by atoms with Crippen molar-refractivity contribution in [1.29, 1.82) is 0 Å². The van der Waals surface area contributed by atoms with Crippen LogP contribution < -0.4 is 10.6 Å². The molecule has 7 nitrogen and oxygen atoms in total. The van der Waals surface area contributed by atoms with Gasteiger partial charge in [-0.15, -0.1) is 0 Å². The second kappa shape index (κ2) is 13.0. The zero-order valence-corrected chi connectivity index (χ0v) is 24.6. The highest BCUT2D eigenvalue weighted by atomic mass is 16.6. The molecule has 2 N–H and O–H groups in total. The molecule has 3 amide bonds. The molecule has 0 aliphatic heterocycles. The summed E-state index contributed by atoms with van der Waals surface area (Å²) >= 11 is 0. The van der Waals surface area contributed by atoms with E-state index in [1.807, 2.05) is 45.9 Å². The van der Waals surface area contributed by atoms with Crippen molar-refractivity contribution in [2.24, 2.45) is 5.92 Å². The van der Waals surface area contributed by atoms with Gasteiger partial charge >= 0.3 is 6.09 Å². The monoisotopic (exact) mass is 527 g/mol. The number of benzene rings is 1. The van der Waals surface area contributed by atoms with Gasteiger partial charge in [-0.1, -0.05) is 63.3 Å². The molecule has 3 atom stereocenters. The maximum absolute atomic E-state index is 14.5. The minimum Gasteiger partial charge on any atom is -0.444 e. The number of amides is 3.